The highest BCUT2D eigenvalue weighted by Gasteiger charge is 2.27. The van der Waals surface area contributed by atoms with Crippen molar-refractivity contribution in [2.75, 3.05) is 13.1 Å². The predicted molar refractivity (Wildman–Crippen MR) is 107 cm³/mol. The molecule has 0 aromatic carbocycles. The average Bonchev–Trinajstić information content (AvgIpc) is 3.02. The summed E-state index contributed by atoms with van der Waals surface area (Å²) in [6, 6.07) is 1.90. The van der Waals surface area contributed by atoms with Crippen LogP contribution in [0.5, 0.6) is 0 Å². The molecule has 0 bridgehead atoms. The third kappa shape index (κ3) is 4.31. The number of carbonyl (C=O) groups is 1. The van der Waals surface area contributed by atoms with Crippen LogP contribution in [0.3, 0.4) is 0 Å². The van der Waals surface area contributed by atoms with Gasteiger partial charge in [-0.3, -0.25) is 9.59 Å². The number of rotatable bonds is 5. The number of aryl methyl sites for hydroxylation is 2. The highest BCUT2D eigenvalue weighted by atomic mass is 32.1. The monoisotopic (exact) mass is 389 g/mol. The fourth-order valence-corrected chi connectivity index (χ4v) is 4.83. The van der Waals surface area contributed by atoms with Crippen LogP contribution in [0.15, 0.2) is 16.2 Å². The highest BCUT2D eigenvalue weighted by molar-refractivity contribution is 7.10. The van der Waals surface area contributed by atoms with Crippen molar-refractivity contribution in [3.63, 3.8) is 0 Å². The Morgan fingerprint density at radius 3 is 2.70 bits per heavy atom. The normalized spacial score (nSPS) is 16.3. The second kappa shape index (κ2) is 8.37. The topological polar surface area (TPSA) is 94.2 Å². The molecule has 3 heterocycles. The van der Waals surface area contributed by atoms with E-state index >= 15 is 0 Å². The molecule has 1 atom stereocenters. The van der Waals surface area contributed by atoms with Crippen molar-refractivity contribution in [3.8, 4) is 0 Å². The van der Waals surface area contributed by atoms with Crippen molar-refractivity contribution < 1.29 is 9.90 Å². The van der Waals surface area contributed by atoms with Crippen molar-refractivity contribution in [2.24, 2.45) is 5.92 Å². The number of thiophene rings is 1. The molecule has 3 rings (SSSR count). The lowest BCUT2D eigenvalue weighted by Gasteiger charge is -2.27. The molecule has 1 saturated heterocycles. The molecule has 1 fully saturated rings. The molecule has 1 aliphatic rings. The van der Waals surface area contributed by atoms with Gasteiger partial charge in [-0.15, -0.1) is 11.3 Å². The van der Waals surface area contributed by atoms with Crippen LogP contribution >= 0.6 is 11.3 Å². The number of H-pyrrole nitrogens is 1. The third-order valence-corrected chi connectivity index (χ3v) is 6.50. The molecule has 1 amide bonds. The summed E-state index contributed by atoms with van der Waals surface area (Å²) >= 11 is 1.44. The minimum Gasteiger partial charge on any atom is -0.387 e. The van der Waals surface area contributed by atoms with Crippen LogP contribution in [-0.4, -0.2) is 29.1 Å². The van der Waals surface area contributed by atoms with E-state index in [4.69, 9.17) is 0 Å². The molecule has 0 aliphatic carbocycles. The lowest BCUT2D eigenvalue weighted by molar-refractivity contribution is 0.0910. The number of piperidine rings is 1. The Kier molecular flexibility index (Phi) is 6.14. The van der Waals surface area contributed by atoms with Gasteiger partial charge in [-0.05, 0) is 69.8 Å². The van der Waals surface area contributed by atoms with Gasteiger partial charge in [0.05, 0.1) is 11.7 Å². The number of aromatic nitrogens is 1. The maximum absolute atomic E-state index is 12.6. The smallest absolute Gasteiger partial charge is 0.253 e. The summed E-state index contributed by atoms with van der Waals surface area (Å²) in [5.41, 5.74) is 3.47. The fraction of sp³-hybridized carbons (Fsp3) is 0.500. The molecule has 2 aromatic heterocycles. The maximum atomic E-state index is 12.6. The van der Waals surface area contributed by atoms with Gasteiger partial charge in [0.25, 0.3) is 11.5 Å². The van der Waals surface area contributed by atoms with Crippen LogP contribution in [0.25, 0.3) is 0 Å². The van der Waals surface area contributed by atoms with Gasteiger partial charge in [-0.1, -0.05) is 0 Å². The van der Waals surface area contributed by atoms with Crippen LogP contribution in [0, 0.1) is 26.7 Å². The maximum Gasteiger partial charge on any atom is 0.253 e. The van der Waals surface area contributed by atoms with Gasteiger partial charge in [-0.2, -0.15) is 0 Å². The number of nitrogens with one attached hydrogen (secondary N) is 3. The van der Waals surface area contributed by atoms with E-state index in [1.54, 1.807) is 5.38 Å². The van der Waals surface area contributed by atoms with Crippen LogP contribution in [0.1, 0.15) is 56.6 Å². The van der Waals surface area contributed by atoms with E-state index < -0.39 is 6.10 Å². The summed E-state index contributed by atoms with van der Waals surface area (Å²) < 4.78 is 0. The summed E-state index contributed by atoms with van der Waals surface area (Å²) in [5.74, 6) is 0.0140. The molecule has 27 heavy (non-hydrogen) atoms. The number of amides is 1. The largest absolute Gasteiger partial charge is 0.387 e. The molecule has 0 radical (unpaired) electrons. The van der Waals surface area contributed by atoms with Crippen molar-refractivity contribution in [1.29, 1.82) is 0 Å². The van der Waals surface area contributed by atoms with Crippen LogP contribution in [0.2, 0.25) is 0 Å². The van der Waals surface area contributed by atoms with E-state index in [0.29, 0.717) is 11.1 Å². The number of aromatic amines is 1. The van der Waals surface area contributed by atoms with Crippen molar-refractivity contribution in [3.05, 3.63) is 54.6 Å². The van der Waals surface area contributed by atoms with Crippen molar-refractivity contribution in [2.45, 2.75) is 46.3 Å². The number of aliphatic hydroxyl groups is 1. The van der Waals surface area contributed by atoms with Gasteiger partial charge < -0.3 is 20.7 Å². The number of carbonyl (C=O) groups excluding carboxylic acids is 1. The minimum absolute atomic E-state index is 0.170. The standard InChI is InChI=1S/C20H27N3O3S/c1-11-8-12(2)23-20(26)15(11)9-22-19(25)16-10-27-18(13(16)3)17(24)14-4-6-21-7-5-14/h8,10,14,17,21,24H,4-7,9H2,1-3H3,(H,22,25)(H,23,26). The summed E-state index contributed by atoms with van der Waals surface area (Å²) in [5, 5.41) is 18.7. The van der Waals surface area contributed by atoms with Gasteiger partial charge in [0.1, 0.15) is 0 Å². The average molecular weight is 390 g/mol. The second-order valence-electron chi connectivity index (χ2n) is 7.30. The Morgan fingerprint density at radius 1 is 1.33 bits per heavy atom. The summed E-state index contributed by atoms with van der Waals surface area (Å²) in [6.45, 7) is 7.61. The number of hydrogen-bond acceptors (Lipinski definition) is 5. The first-order valence-electron chi connectivity index (χ1n) is 9.33. The zero-order chi connectivity index (χ0) is 19.6. The van der Waals surface area contributed by atoms with Crippen LogP contribution in [-0.2, 0) is 6.54 Å². The van der Waals surface area contributed by atoms with E-state index in [1.807, 2.05) is 26.8 Å². The molecule has 1 aliphatic heterocycles. The Labute approximate surface area is 163 Å². The molecule has 7 heteroatoms. The Hall–Kier alpha value is -1.96. The molecule has 6 nitrogen and oxygen atoms in total. The van der Waals surface area contributed by atoms with E-state index in [2.05, 4.69) is 15.6 Å². The molecule has 146 valence electrons. The molecule has 0 spiro atoms. The molecule has 1 unspecified atom stereocenters. The lowest BCUT2D eigenvalue weighted by atomic mass is 9.90. The van der Waals surface area contributed by atoms with Crippen molar-refractivity contribution in [1.82, 2.24) is 15.6 Å². The quantitative estimate of drug-likeness (QED) is 0.631. The fourth-order valence-electron chi connectivity index (χ4n) is 3.69. The first-order chi connectivity index (χ1) is 12.9. The van der Waals surface area contributed by atoms with Gasteiger partial charge in [0.2, 0.25) is 0 Å². The molecular formula is C20H27N3O3S. The third-order valence-electron chi connectivity index (χ3n) is 5.34. The van der Waals surface area contributed by atoms with Gasteiger partial charge in [-0.25, -0.2) is 0 Å². The highest BCUT2D eigenvalue weighted by Crippen LogP contribution is 2.35. The predicted octanol–water partition coefficient (Wildman–Crippen LogP) is 2.32. The van der Waals surface area contributed by atoms with E-state index in [1.165, 1.54) is 11.3 Å². The minimum atomic E-state index is -0.527. The first kappa shape index (κ1) is 19.8. The Balaban J connectivity index is 1.71. The lowest BCUT2D eigenvalue weighted by Crippen LogP contribution is -2.31. The summed E-state index contributed by atoms with van der Waals surface area (Å²) in [4.78, 5) is 28.4. The molecule has 2 aromatic rings. The Morgan fingerprint density at radius 2 is 2.04 bits per heavy atom. The second-order valence-corrected chi connectivity index (χ2v) is 8.21. The van der Waals surface area contributed by atoms with Gasteiger partial charge in [0.15, 0.2) is 0 Å². The van der Waals surface area contributed by atoms with Gasteiger partial charge in [0, 0.05) is 28.1 Å². The zero-order valence-corrected chi connectivity index (χ0v) is 16.8. The SMILES string of the molecule is Cc1cc(C)c(CNC(=O)c2csc(C(O)C3CCNCC3)c2C)c(=O)[nH]1. The Bertz CT molecular complexity index is 881. The summed E-state index contributed by atoms with van der Waals surface area (Å²) in [7, 11) is 0. The zero-order valence-electron chi connectivity index (χ0n) is 16.0. The molecule has 0 saturated carbocycles. The molecule has 4 N–H and O–H groups in total. The molecular weight excluding hydrogens is 362 g/mol. The first-order valence-corrected chi connectivity index (χ1v) is 10.2. The van der Waals surface area contributed by atoms with Gasteiger partial charge >= 0.3 is 0 Å². The van der Waals surface area contributed by atoms with Crippen molar-refractivity contribution >= 4 is 17.2 Å². The van der Waals surface area contributed by atoms with E-state index in [9.17, 15) is 14.7 Å². The van der Waals surface area contributed by atoms with Crippen LogP contribution < -0.4 is 16.2 Å². The van der Waals surface area contributed by atoms with Crippen LogP contribution in [0.4, 0.5) is 0 Å². The van der Waals surface area contributed by atoms with E-state index in [-0.39, 0.29) is 23.9 Å². The number of hydrogen-bond donors (Lipinski definition) is 4. The summed E-state index contributed by atoms with van der Waals surface area (Å²) in [6.07, 6.45) is 1.35. The number of pyridine rings is 1. The number of aliphatic hydroxyl groups excluding tert-OH is 1. The van der Waals surface area contributed by atoms with E-state index in [0.717, 1.165) is 47.6 Å².